The van der Waals surface area contributed by atoms with E-state index in [0.29, 0.717) is 19.0 Å². The Balaban J connectivity index is 2.20. The van der Waals surface area contributed by atoms with Crippen LogP contribution in [0.25, 0.3) is 5.78 Å². The van der Waals surface area contributed by atoms with Crippen molar-refractivity contribution in [2.45, 2.75) is 20.8 Å². The minimum Gasteiger partial charge on any atom is -0.384 e. The van der Waals surface area contributed by atoms with E-state index in [9.17, 15) is 9.59 Å². The molecular weight excluding hydrogens is 274 g/mol. The van der Waals surface area contributed by atoms with Crippen molar-refractivity contribution >= 4 is 11.7 Å². The van der Waals surface area contributed by atoms with Crippen LogP contribution in [0.3, 0.4) is 0 Å². The van der Waals surface area contributed by atoms with Gasteiger partial charge in [-0.3, -0.25) is 14.7 Å². The number of aromatic amines is 1. The maximum atomic E-state index is 12.2. The highest BCUT2D eigenvalue weighted by atomic mass is 16.5. The van der Waals surface area contributed by atoms with E-state index in [1.807, 2.05) is 13.8 Å². The summed E-state index contributed by atoms with van der Waals surface area (Å²) in [6.07, 6.45) is 1.25. The number of aryl methyl sites for hydroxylation is 1. The van der Waals surface area contributed by atoms with E-state index in [2.05, 4.69) is 20.4 Å². The number of methoxy groups -OCH3 is 1. The predicted molar refractivity (Wildman–Crippen MR) is 76.3 cm³/mol. The first-order chi connectivity index (χ1) is 9.84. The molecule has 0 atom stereocenters. The van der Waals surface area contributed by atoms with Crippen molar-refractivity contribution in [1.29, 1.82) is 0 Å². The molecule has 8 nitrogen and oxygen atoms in total. The number of nitrogens with one attached hydrogen (secondary N) is 2. The fourth-order valence-corrected chi connectivity index (χ4v) is 1.98. The topological polar surface area (TPSA) is 101 Å². The number of H-pyrrole nitrogens is 1. The van der Waals surface area contributed by atoms with Crippen LogP contribution in [0.4, 0.5) is 0 Å². The Labute approximate surface area is 121 Å². The number of ether oxygens (including phenoxy) is 1. The van der Waals surface area contributed by atoms with Gasteiger partial charge in [0, 0.05) is 25.3 Å². The average Bonchev–Trinajstić information content (AvgIpc) is 2.78. The summed E-state index contributed by atoms with van der Waals surface area (Å²) >= 11 is 0. The molecule has 2 N–H and O–H groups in total. The minimum atomic E-state index is -0.470. The zero-order valence-electron chi connectivity index (χ0n) is 12.6. The normalized spacial score (nSPS) is 11.8. The molecule has 0 bridgehead atoms. The summed E-state index contributed by atoms with van der Waals surface area (Å²) in [4.78, 5) is 32.4. The second-order valence-electron chi connectivity index (χ2n) is 5.70. The third kappa shape index (κ3) is 3.27. The molecule has 0 spiro atoms. The van der Waals surface area contributed by atoms with Crippen LogP contribution in [0.1, 0.15) is 30.0 Å². The van der Waals surface area contributed by atoms with Gasteiger partial charge in [-0.15, -0.1) is 0 Å². The van der Waals surface area contributed by atoms with E-state index in [1.54, 1.807) is 14.0 Å². The molecule has 0 saturated carbocycles. The summed E-state index contributed by atoms with van der Waals surface area (Å²) < 4.78 is 6.24. The van der Waals surface area contributed by atoms with Gasteiger partial charge in [0.2, 0.25) is 0 Å². The zero-order chi connectivity index (χ0) is 15.6. The number of carbonyl (C=O) groups is 1. The van der Waals surface area contributed by atoms with Crippen LogP contribution in [-0.2, 0) is 4.74 Å². The first-order valence-corrected chi connectivity index (χ1v) is 6.55. The largest absolute Gasteiger partial charge is 0.384 e. The number of nitrogens with zero attached hydrogens (tertiary/aromatic N) is 3. The Bertz CT molecular complexity index is 716. The standard InChI is InChI=1S/C13H19N5O3/c1-8-16-12-14-5-9(11(20)18(12)17-8)10(19)15-6-13(2,3)7-21-4/h5H,6-7H2,1-4H3,(H,15,19)(H,14,16,17). The monoisotopic (exact) mass is 293 g/mol. The van der Waals surface area contributed by atoms with Crippen molar-refractivity contribution in [2.24, 2.45) is 5.41 Å². The average molecular weight is 293 g/mol. The van der Waals surface area contributed by atoms with Crippen LogP contribution in [-0.4, -0.2) is 45.8 Å². The quantitative estimate of drug-likeness (QED) is 0.816. The molecule has 2 aromatic rings. The van der Waals surface area contributed by atoms with E-state index in [4.69, 9.17) is 4.74 Å². The highest BCUT2D eigenvalue weighted by Gasteiger charge is 2.21. The van der Waals surface area contributed by atoms with Crippen LogP contribution in [0.2, 0.25) is 0 Å². The molecule has 0 aliphatic rings. The van der Waals surface area contributed by atoms with Crippen LogP contribution in [0, 0.1) is 12.3 Å². The van der Waals surface area contributed by atoms with E-state index in [0.717, 1.165) is 4.52 Å². The lowest BCUT2D eigenvalue weighted by atomic mass is 9.95. The Morgan fingerprint density at radius 2 is 2.24 bits per heavy atom. The van der Waals surface area contributed by atoms with Gasteiger partial charge in [0.15, 0.2) is 0 Å². The fourth-order valence-electron chi connectivity index (χ4n) is 1.98. The van der Waals surface area contributed by atoms with Crippen molar-refractivity contribution in [3.05, 3.63) is 27.9 Å². The zero-order valence-corrected chi connectivity index (χ0v) is 12.6. The van der Waals surface area contributed by atoms with E-state index in [1.165, 1.54) is 6.20 Å². The lowest BCUT2D eigenvalue weighted by molar-refractivity contribution is 0.0845. The Hall–Kier alpha value is -2.22. The fraction of sp³-hybridized carbons (Fsp3) is 0.538. The van der Waals surface area contributed by atoms with Gasteiger partial charge < -0.3 is 10.1 Å². The Morgan fingerprint density at radius 1 is 1.52 bits per heavy atom. The summed E-state index contributed by atoms with van der Waals surface area (Å²) in [5.41, 5.74) is -0.713. The molecular formula is C13H19N5O3. The van der Waals surface area contributed by atoms with Gasteiger partial charge in [-0.2, -0.15) is 9.50 Å². The molecule has 114 valence electrons. The van der Waals surface area contributed by atoms with Crippen molar-refractivity contribution < 1.29 is 9.53 Å². The van der Waals surface area contributed by atoms with E-state index < -0.39 is 11.5 Å². The lowest BCUT2D eigenvalue weighted by Gasteiger charge is -2.23. The maximum Gasteiger partial charge on any atom is 0.286 e. The second kappa shape index (κ2) is 5.65. The summed E-state index contributed by atoms with van der Waals surface area (Å²) in [5, 5.41) is 5.47. The molecule has 0 aliphatic heterocycles. The van der Waals surface area contributed by atoms with Gasteiger partial charge >= 0.3 is 0 Å². The van der Waals surface area contributed by atoms with Crippen molar-refractivity contribution in [2.75, 3.05) is 20.3 Å². The van der Waals surface area contributed by atoms with Crippen LogP contribution in [0.5, 0.6) is 0 Å². The summed E-state index contributed by atoms with van der Waals surface area (Å²) in [6.45, 7) is 6.53. The van der Waals surface area contributed by atoms with Gasteiger partial charge in [0.25, 0.3) is 17.2 Å². The van der Waals surface area contributed by atoms with Gasteiger partial charge in [0.1, 0.15) is 11.4 Å². The number of hydrogen-bond donors (Lipinski definition) is 2. The van der Waals surface area contributed by atoms with Gasteiger partial charge in [-0.05, 0) is 6.92 Å². The first kappa shape index (κ1) is 15.2. The molecule has 2 rings (SSSR count). The SMILES string of the molecule is COCC(C)(C)CNC(=O)c1cnc2nc(C)[nH]n2c1=O. The van der Waals surface area contributed by atoms with Crippen LogP contribution < -0.4 is 10.9 Å². The van der Waals surface area contributed by atoms with Gasteiger partial charge in [0.05, 0.1) is 6.61 Å². The maximum absolute atomic E-state index is 12.2. The molecule has 0 aromatic carbocycles. The van der Waals surface area contributed by atoms with Crippen LogP contribution in [0.15, 0.2) is 11.0 Å². The third-order valence-corrected chi connectivity index (χ3v) is 2.99. The number of rotatable bonds is 5. The molecule has 8 heteroatoms. The minimum absolute atomic E-state index is 0.0237. The number of amides is 1. The summed E-state index contributed by atoms with van der Waals surface area (Å²) in [7, 11) is 1.61. The van der Waals surface area contributed by atoms with Gasteiger partial charge in [-0.25, -0.2) is 4.98 Å². The van der Waals surface area contributed by atoms with E-state index >= 15 is 0 Å². The number of fused-ring (bicyclic) bond motifs is 1. The molecule has 0 unspecified atom stereocenters. The first-order valence-electron chi connectivity index (χ1n) is 6.55. The number of carbonyl (C=O) groups excluding carboxylic acids is 1. The third-order valence-electron chi connectivity index (χ3n) is 2.99. The Kier molecular flexibility index (Phi) is 4.08. The van der Waals surface area contributed by atoms with Crippen LogP contribution >= 0.6 is 0 Å². The molecule has 0 aliphatic carbocycles. The molecule has 2 aromatic heterocycles. The molecule has 1 amide bonds. The Morgan fingerprint density at radius 3 is 2.90 bits per heavy atom. The summed E-state index contributed by atoms with van der Waals surface area (Å²) in [6, 6.07) is 0. The number of aromatic nitrogens is 4. The molecule has 0 fully saturated rings. The summed E-state index contributed by atoms with van der Waals surface area (Å²) in [5.74, 6) is 0.338. The van der Waals surface area contributed by atoms with E-state index in [-0.39, 0.29) is 16.8 Å². The highest BCUT2D eigenvalue weighted by molar-refractivity contribution is 5.93. The van der Waals surface area contributed by atoms with Gasteiger partial charge in [-0.1, -0.05) is 13.8 Å². The lowest BCUT2D eigenvalue weighted by Crippen LogP contribution is -2.39. The van der Waals surface area contributed by atoms with Crippen molar-refractivity contribution in [1.82, 2.24) is 24.9 Å². The highest BCUT2D eigenvalue weighted by Crippen LogP contribution is 2.13. The second-order valence-corrected chi connectivity index (χ2v) is 5.70. The van der Waals surface area contributed by atoms with Crippen molar-refractivity contribution in [3.8, 4) is 0 Å². The molecule has 0 saturated heterocycles. The smallest absolute Gasteiger partial charge is 0.286 e. The predicted octanol–water partition coefficient (Wildman–Crippen LogP) is 0.128. The number of hydrogen-bond acceptors (Lipinski definition) is 5. The molecule has 21 heavy (non-hydrogen) atoms. The van der Waals surface area contributed by atoms with Crippen molar-refractivity contribution in [3.63, 3.8) is 0 Å². The molecule has 0 radical (unpaired) electrons. The molecule has 2 heterocycles.